The van der Waals surface area contributed by atoms with Crippen molar-refractivity contribution in [3.05, 3.63) is 35.4 Å². The molecule has 2 atom stereocenters. The van der Waals surface area contributed by atoms with E-state index in [2.05, 4.69) is 4.18 Å². The van der Waals surface area contributed by atoms with Crippen molar-refractivity contribution in [1.29, 1.82) is 0 Å². The summed E-state index contributed by atoms with van der Waals surface area (Å²) in [6, 6.07) is 4.42. The van der Waals surface area contributed by atoms with E-state index in [1.165, 1.54) is 17.0 Å². The van der Waals surface area contributed by atoms with Crippen LogP contribution in [0.1, 0.15) is 17.2 Å². The predicted octanol–water partition coefficient (Wildman–Crippen LogP) is 3.23. The molecule has 1 aromatic rings. The maximum atomic E-state index is 13.2. The van der Waals surface area contributed by atoms with Crippen LogP contribution >= 0.6 is 0 Å². The fourth-order valence-corrected chi connectivity index (χ4v) is 3.16. The molecule has 1 aromatic carbocycles. The van der Waals surface area contributed by atoms with Crippen LogP contribution in [0.5, 0.6) is 0 Å². The highest BCUT2D eigenvalue weighted by atomic mass is 32.2. The molecule has 1 aliphatic rings. The molecule has 0 spiro atoms. The van der Waals surface area contributed by atoms with E-state index in [-0.39, 0.29) is 25.3 Å². The van der Waals surface area contributed by atoms with Crippen LogP contribution in [0.2, 0.25) is 0 Å². The molecule has 0 unspecified atom stereocenters. The Kier molecular flexibility index (Phi) is 7.00. The summed E-state index contributed by atoms with van der Waals surface area (Å²) in [6.45, 7) is -1.53. The molecule has 0 amide bonds. The molecule has 1 aliphatic heterocycles. The van der Waals surface area contributed by atoms with Gasteiger partial charge in [0.05, 0.1) is 37.1 Å². The second kappa shape index (κ2) is 8.56. The molecule has 0 aliphatic carbocycles. The molecular weight excluding hydrogens is 416 g/mol. The molecule has 2 rings (SSSR count). The summed E-state index contributed by atoms with van der Waals surface area (Å²) in [4.78, 5) is 1.37. The zero-order chi connectivity index (χ0) is 21.2. The molecule has 0 bridgehead atoms. The SMILES string of the molecule is CS(=O)(=O)OC[C@H](CN1CCO[C@H](c2cccc(C(F)(F)F)c2)C1)C(F)(F)F. The van der Waals surface area contributed by atoms with Crippen molar-refractivity contribution in [2.75, 3.05) is 39.1 Å². The second-order valence-corrected chi connectivity index (χ2v) is 8.11. The van der Waals surface area contributed by atoms with Gasteiger partial charge in [0.2, 0.25) is 0 Å². The third-order valence-electron chi connectivity index (χ3n) is 4.16. The third kappa shape index (κ3) is 6.90. The van der Waals surface area contributed by atoms with Crippen molar-refractivity contribution in [1.82, 2.24) is 4.90 Å². The molecule has 1 heterocycles. The van der Waals surface area contributed by atoms with Crippen LogP contribution in [-0.2, 0) is 25.2 Å². The van der Waals surface area contributed by atoms with Crippen molar-refractivity contribution in [3.8, 4) is 0 Å². The molecule has 0 aromatic heterocycles. The van der Waals surface area contributed by atoms with Gasteiger partial charge in [-0.1, -0.05) is 12.1 Å². The molecule has 0 N–H and O–H groups in total. The minimum atomic E-state index is -4.70. The van der Waals surface area contributed by atoms with Gasteiger partial charge in [0.15, 0.2) is 0 Å². The largest absolute Gasteiger partial charge is 0.416 e. The highest BCUT2D eigenvalue weighted by Gasteiger charge is 2.42. The number of halogens is 6. The number of rotatable bonds is 6. The Morgan fingerprint density at radius 3 is 2.50 bits per heavy atom. The van der Waals surface area contributed by atoms with Gasteiger partial charge in [0.1, 0.15) is 0 Å². The van der Waals surface area contributed by atoms with Gasteiger partial charge in [0.25, 0.3) is 10.1 Å². The lowest BCUT2D eigenvalue weighted by Gasteiger charge is -2.35. The van der Waals surface area contributed by atoms with Crippen LogP contribution < -0.4 is 0 Å². The van der Waals surface area contributed by atoms with E-state index in [4.69, 9.17) is 4.74 Å². The Balaban J connectivity index is 2.09. The lowest BCUT2D eigenvalue weighted by atomic mass is 10.0. The van der Waals surface area contributed by atoms with Crippen LogP contribution in [0.3, 0.4) is 0 Å². The molecule has 0 saturated carbocycles. The van der Waals surface area contributed by atoms with Crippen molar-refractivity contribution in [3.63, 3.8) is 0 Å². The van der Waals surface area contributed by atoms with Crippen LogP contribution in [0, 0.1) is 5.92 Å². The average molecular weight is 435 g/mol. The molecule has 28 heavy (non-hydrogen) atoms. The summed E-state index contributed by atoms with van der Waals surface area (Å²) >= 11 is 0. The number of hydrogen-bond donors (Lipinski definition) is 0. The first kappa shape index (κ1) is 22.9. The lowest BCUT2D eigenvalue weighted by Crippen LogP contribution is -2.45. The van der Waals surface area contributed by atoms with Gasteiger partial charge in [-0.05, 0) is 17.7 Å². The number of morpholine rings is 1. The maximum absolute atomic E-state index is 13.2. The Labute approximate surface area is 158 Å². The number of alkyl halides is 6. The Hall–Kier alpha value is -1.37. The standard InChI is InChI=1S/C16H19F6NO4S/c1-28(24,25)27-10-13(16(20,21)22)8-23-5-6-26-14(9-23)11-3-2-4-12(7-11)15(17,18)19/h2-4,7,13-14H,5-6,8-10H2,1H3/t13-,14-/m0/s1. The summed E-state index contributed by atoms with van der Waals surface area (Å²) in [7, 11) is -4.04. The summed E-state index contributed by atoms with van der Waals surface area (Å²) in [5.74, 6) is -2.07. The first-order valence-electron chi connectivity index (χ1n) is 8.18. The quantitative estimate of drug-likeness (QED) is 0.507. The Morgan fingerprint density at radius 2 is 1.93 bits per heavy atom. The Morgan fingerprint density at radius 1 is 1.25 bits per heavy atom. The molecule has 12 heteroatoms. The van der Waals surface area contributed by atoms with E-state index >= 15 is 0 Å². The van der Waals surface area contributed by atoms with E-state index in [9.17, 15) is 34.8 Å². The monoisotopic (exact) mass is 435 g/mol. The van der Waals surface area contributed by atoms with E-state index < -0.39 is 53.2 Å². The van der Waals surface area contributed by atoms with Crippen molar-refractivity contribution >= 4 is 10.1 Å². The van der Waals surface area contributed by atoms with Crippen molar-refractivity contribution < 1.29 is 43.7 Å². The van der Waals surface area contributed by atoms with Crippen LogP contribution in [0.15, 0.2) is 24.3 Å². The fourth-order valence-electron chi connectivity index (χ4n) is 2.75. The minimum Gasteiger partial charge on any atom is -0.371 e. The fraction of sp³-hybridized carbons (Fsp3) is 0.625. The third-order valence-corrected chi connectivity index (χ3v) is 4.73. The van der Waals surface area contributed by atoms with E-state index in [0.717, 1.165) is 12.1 Å². The maximum Gasteiger partial charge on any atom is 0.416 e. The lowest BCUT2D eigenvalue weighted by molar-refractivity contribution is -0.189. The second-order valence-electron chi connectivity index (χ2n) is 6.47. The highest BCUT2D eigenvalue weighted by molar-refractivity contribution is 7.85. The number of nitrogens with zero attached hydrogens (tertiary/aromatic N) is 1. The van der Waals surface area contributed by atoms with E-state index in [1.807, 2.05) is 0 Å². The molecule has 0 radical (unpaired) electrons. The molecule has 1 fully saturated rings. The number of ether oxygens (including phenoxy) is 1. The summed E-state index contributed by atoms with van der Waals surface area (Å²) < 4.78 is 110. The molecular formula is C16H19F6NO4S. The molecule has 1 saturated heterocycles. The summed E-state index contributed by atoms with van der Waals surface area (Å²) in [5.41, 5.74) is -0.670. The van der Waals surface area contributed by atoms with Gasteiger partial charge >= 0.3 is 12.4 Å². The summed E-state index contributed by atoms with van der Waals surface area (Å²) in [5, 5.41) is 0. The van der Waals surface area contributed by atoms with Gasteiger partial charge in [-0.2, -0.15) is 34.8 Å². The van der Waals surface area contributed by atoms with Crippen LogP contribution in [0.4, 0.5) is 26.3 Å². The number of benzene rings is 1. The van der Waals surface area contributed by atoms with E-state index in [0.29, 0.717) is 6.26 Å². The van der Waals surface area contributed by atoms with Gasteiger partial charge in [-0.3, -0.25) is 9.08 Å². The average Bonchev–Trinajstić information content (AvgIpc) is 2.56. The molecule has 5 nitrogen and oxygen atoms in total. The van der Waals surface area contributed by atoms with Crippen molar-refractivity contribution in [2.45, 2.75) is 18.5 Å². The van der Waals surface area contributed by atoms with Gasteiger partial charge in [0, 0.05) is 19.6 Å². The smallest absolute Gasteiger partial charge is 0.371 e. The van der Waals surface area contributed by atoms with Crippen molar-refractivity contribution in [2.24, 2.45) is 5.92 Å². The zero-order valence-electron chi connectivity index (χ0n) is 14.8. The van der Waals surface area contributed by atoms with Gasteiger partial charge in [-0.15, -0.1) is 0 Å². The zero-order valence-corrected chi connectivity index (χ0v) is 15.6. The minimum absolute atomic E-state index is 0.0262. The van der Waals surface area contributed by atoms with Gasteiger partial charge < -0.3 is 4.74 Å². The predicted molar refractivity (Wildman–Crippen MR) is 86.9 cm³/mol. The number of hydrogen-bond acceptors (Lipinski definition) is 5. The van der Waals surface area contributed by atoms with E-state index in [1.54, 1.807) is 0 Å². The molecule has 160 valence electrons. The first-order valence-corrected chi connectivity index (χ1v) is 9.99. The van der Waals surface area contributed by atoms with Gasteiger partial charge in [-0.25, -0.2) is 0 Å². The summed E-state index contributed by atoms with van der Waals surface area (Å²) in [6.07, 6.45) is -9.43. The van der Waals surface area contributed by atoms with Crippen LogP contribution in [-0.4, -0.2) is 58.6 Å². The Bertz CT molecular complexity index is 765. The topological polar surface area (TPSA) is 55.8 Å². The highest BCUT2D eigenvalue weighted by Crippen LogP contribution is 2.33. The van der Waals surface area contributed by atoms with Crippen LogP contribution in [0.25, 0.3) is 0 Å². The first-order chi connectivity index (χ1) is 12.8. The normalized spacial score (nSPS) is 20.9.